The minimum absolute atomic E-state index is 0.0168. The molecule has 0 bridgehead atoms. The molecule has 5 nitrogen and oxygen atoms in total. The molecule has 2 aliphatic rings. The van der Waals surface area contributed by atoms with Gasteiger partial charge in [-0.2, -0.15) is 0 Å². The summed E-state index contributed by atoms with van der Waals surface area (Å²) in [6, 6.07) is 0.289. The number of nitrogens with one attached hydrogen (secondary N) is 1. The molecule has 1 atom stereocenters. The van der Waals surface area contributed by atoms with Gasteiger partial charge in [-0.25, -0.2) is 4.79 Å². The molecule has 1 saturated carbocycles. The van der Waals surface area contributed by atoms with E-state index in [1.165, 1.54) is 12.8 Å². The molecule has 0 aromatic rings. The third kappa shape index (κ3) is 3.62. The van der Waals surface area contributed by atoms with Crippen LogP contribution in [0.15, 0.2) is 0 Å². The summed E-state index contributed by atoms with van der Waals surface area (Å²) in [6.07, 6.45) is 4.28. The highest BCUT2D eigenvalue weighted by atomic mass is 16.4. The third-order valence-electron chi connectivity index (χ3n) is 4.05. The van der Waals surface area contributed by atoms with Gasteiger partial charge in [0.25, 0.3) is 0 Å². The van der Waals surface area contributed by atoms with Crippen molar-refractivity contribution in [1.29, 1.82) is 0 Å². The van der Waals surface area contributed by atoms with E-state index in [0.717, 1.165) is 12.8 Å². The zero-order valence-corrected chi connectivity index (χ0v) is 10.9. The van der Waals surface area contributed by atoms with Gasteiger partial charge in [0.15, 0.2) is 0 Å². The Balaban J connectivity index is 1.71. The number of carbonyl (C=O) groups excluding carboxylic acids is 1. The van der Waals surface area contributed by atoms with Crippen LogP contribution in [0.3, 0.4) is 0 Å². The summed E-state index contributed by atoms with van der Waals surface area (Å²) in [5.41, 5.74) is 0. The number of urea groups is 1. The van der Waals surface area contributed by atoms with Crippen molar-refractivity contribution in [2.24, 2.45) is 11.8 Å². The van der Waals surface area contributed by atoms with Crippen LogP contribution < -0.4 is 5.32 Å². The van der Waals surface area contributed by atoms with Crippen LogP contribution in [-0.4, -0.2) is 41.1 Å². The fraction of sp³-hybridized carbons (Fsp3) is 0.846. The number of hydrogen-bond acceptors (Lipinski definition) is 2. The fourth-order valence-electron chi connectivity index (χ4n) is 2.59. The van der Waals surface area contributed by atoms with E-state index < -0.39 is 5.97 Å². The van der Waals surface area contributed by atoms with Gasteiger partial charge < -0.3 is 15.3 Å². The van der Waals surface area contributed by atoms with Gasteiger partial charge >= 0.3 is 12.0 Å². The number of amides is 2. The standard InChI is InChI=1S/C13H22N2O3/c1-9(11-2-3-11)14-13(18)15-6-4-10(5-7-15)8-12(16)17/h9-11H,2-8H2,1H3,(H,14,18)(H,16,17). The Hall–Kier alpha value is -1.26. The predicted octanol–water partition coefficient (Wildman–Crippen LogP) is 1.68. The van der Waals surface area contributed by atoms with Crippen molar-refractivity contribution in [3.05, 3.63) is 0 Å². The molecular weight excluding hydrogens is 232 g/mol. The van der Waals surface area contributed by atoms with Gasteiger partial charge in [0.05, 0.1) is 0 Å². The first-order chi connectivity index (χ1) is 8.56. The Morgan fingerprint density at radius 1 is 1.28 bits per heavy atom. The van der Waals surface area contributed by atoms with Crippen molar-refractivity contribution in [3.8, 4) is 0 Å². The van der Waals surface area contributed by atoms with Crippen molar-refractivity contribution in [2.75, 3.05) is 13.1 Å². The lowest BCUT2D eigenvalue weighted by molar-refractivity contribution is -0.138. The van der Waals surface area contributed by atoms with E-state index in [-0.39, 0.29) is 24.4 Å². The number of likely N-dealkylation sites (tertiary alicyclic amines) is 1. The minimum Gasteiger partial charge on any atom is -0.481 e. The number of rotatable bonds is 4. The number of carbonyl (C=O) groups is 2. The average Bonchev–Trinajstić information content (AvgIpc) is 3.12. The maximum Gasteiger partial charge on any atom is 0.317 e. The Morgan fingerprint density at radius 3 is 2.39 bits per heavy atom. The van der Waals surface area contributed by atoms with Gasteiger partial charge in [-0.15, -0.1) is 0 Å². The summed E-state index contributed by atoms with van der Waals surface area (Å²) in [7, 11) is 0. The lowest BCUT2D eigenvalue weighted by atomic mass is 9.94. The molecule has 0 radical (unpaired) electrons. The Kier molecular flexibility index (Phi) is 4.09. The monoisotopic (exact) mass is 254 g/mol. The van der Waals surface area contributed by atoms with Crippen LogP contribution in [0.25, 0.3) is 0 Å². The molecule has 0 aromatic heterocycles. The van der Waals surface area contributed by atoms with Crippen molar-refractivity contribution < 1.29 is 14.7 Å². The number of aliphatic carboxylic acids is 1. The van der Waals surface area contributed by atoms with Crippen LogP contribution in [0.2, 0.25) is 0 Å². The van der Waals surface area contributed by atoms with Crippen molar-refractivity contribution in [1.82, 2.24) is 10.2 Å². The molecule has 0 spiro atoms. The lowest BCUT2D eigenvalue weighted by Gasteiger charge is -2.32. The topological polar surface area (TPSA) is 69.6 Å². The maximum absolute atomic E-state index is 12.0. The van der Waals surface area contributed by atoms with E-state index in [0.29, 0.717) is 19.0 Å². The second-order valence-corrected chi connectivity index (χ2v) is 5.60. The number of nitrogens with zero attached hydrogens (tertiary/aromatic N) is 1. The van der Waals surface area contributed by atoms with Gasteiger partial charge in [-0.1, -0.05) is 0 Å². The van der Waals surface area contributed by atoms with Crippen LogP contribution >= 0.6 is 0 Å². The van der Waals surface area contributed by atoms with Crippen LogP contribution in [0.4, 0.5) is 4.79 Å². The smallest absolute Gasteiger partial charge is 0.317 e. The lowest BCUT2D eigenvalue weighted by Crippen LogP contribution is -2.47. The van der Waals surface area contributed by atoms with E-state index in [4.69, 9.17) is 5.11 Å². The van der Waals surface area contributed by atoms with Crippen LogP contribution in [0.1, 0.15) is 39.0 Å². The van der Waals surface area contributed by atoms with Gasteiger partial charge in [-0.3, -0.25) is 4.79 Å². The molecule has 1 aliphatic heterocycles. The largest absolute Gasteiger partial charge is 0.481 e. The number of piperidine rings is 1. The normalized spacial score (nSPS) is 22.6. The van der Waals surface area contributed by atoms with Gasteiger partial charge in [0, 0.05) is 25.6 Å². The quantitative estimate of drug-likeness (QED) is 0.802. The summed E-state index contributed by atoms with van der Waals surface area (Å²) in [6.45, 7) is 3.43. The highest BCUT2D eigenvalue weighted by molar-refractivity contribution is 5.74. The molecule has 1 heterocycles. The second-order valence-electron chi connectivity index (χ2n) is 5.60. The minimum atomic E-state index is -0.736. The summed E-state index contributed by atoms with van der Waals surface area (Å²) < 4.78 is 0. The van der Waals surface area contributed by atoms with Gasteiger partial charge in [-0.05, 0) is 44.4 Å². The van der Waals surface area contributed by atoms with Crippen molar-refractivity contribution >= 4 is 12.0 Å². The SMILES string of the molecule is CC(NC(=O)N1CCC(CC(=O)O)CC1)C1CC1. The van der Waals surface area contributed by atoms with E-state index in [1.807, 2.05) is 4.90 Å². The Morgan fingerprint density at radius 2 is 1.89 bits per heavy atom. The second kappa shape index (κ2) is 5.59. The molecule has 1 unspecified atom stereocenters. The van der Waals surface area contributed by atoms with Crippen molar-refractivity contribution in [3.63, 3.8) is 0 Å². The number of carboxylic acid groups (broad SMARTS) is 1. The van der Waals surface area contributed by atoms with Crippen LogP contribution in [-0.2, 0) is 4.79 Å². The summed E-state index contributed by atoms with van der Waals surface area (Å²) in [5.74, 6) is 0.158. The van der Waals surface area contributed by atoms with Crippen LogP contribution in [0, 0.1) is 11.8 Å². The molecule has 1 aliphatic carbocycles. The average molecular weight is 254 g/mol. The zero-order chi connectivity index (χ0) is 13.1. The van der Waals surface area contributed by atoms with E-state index in [1.54, 1.807) is 0 Å². The molecule has 18 heavy (non-hydrogen) atoms. The molecule has 2 fully saturated rings. The van der Waals surface area contributed by atoms with Gasteiger partial charge in [0.1, 0.15) is 0 Å². The Bertz CT molecular complexity index is 320. The first-order valence-electron chi connectivity index (χ1n) is 6.83. The van der Waals surface area contributed by atoms with E-state index in [9.17, 15) is 9.59 Å². The van der Waals surface area contributed by atoms with Crippen molar-refractivity contribution in [2.45, 2.75) is 45.1 Å². The highest BCUT2D eigenvalue weighted by Gasteiger charge is 2.31. The molecular formula is C13H22N2O3. The third-order valence-corrected chi connectivity index (χ3v) is 4.05. The summed E-state index contributed by atoms with van der Waals surface area (Å²) in [5, 5.41) is 11.8. The first-order valence-corrected chi connectivity index (χ1v) is 6.83. The fourth-order valence-corrected chi connectivity index (χ4v) is 2.59. The van der Waals surface area contributed by atoms with Gasteiger partial charge in [0.2, 0.25) is 0 Å². The van der Waals surface area contributed by atoms with E-state index in [2.05, 4.69) is 12.2 Å². The number of carboxylic acids is 1. The maximum atomic E-state index is 12.0. The van der Waals surface area contributed by atoms with E-state index >= 15 is 0 Å². The summed E-state index contributed by atoms with van der Waals surface area (Å²) in [4.78, 5) is 24.4. The molecule has 2 rings (SSSR count). The zero-order valence-electron chi connectivity index (χ0n) is 10.9. The Labute approximate surface area is 108 Å². The highest BCUT2D eigenvalue weighted by Crippen LogP contribution is 2.32. The molecule has 0 aromatic carbocycles. The summed E-state index contributed by atoms with van der Waals surface area (Å²) >= 11 is 0. The molecule has 2 amide bonds. The first kappa shape index (κ1) is 13.2. The predicted molar refractivity (Wildman–Crippen MR) is 67.3 cm³/mol. The number of hydrogen-bond donors (Lipinski definition) is 2. The molecule has 2 N–H and O–H groups in total. The molecule has 102 valence electrons. The molecule has 1 saturated heterocycles. The molecule has 5 heteroatoms. The van der Waals surface area contributed by atoms with Crippen LogP contribution in [0.5, 0.6) is 0 Å².